The molecule has 3 rings (SSSR count). The lowest BCUT2D eigenvalue weighted by atomic mass is 10.1. The van der Waals surface area contributed by atoms with Crippen molar-refractivity contribution in [2.24, 2.45) is 5.10 Å². The zero-order chi connectivity index (χ0) is 18.7. The molecule has 0 unspecified atom stereocenters. The molecule has 0 aliphatic carbocycles. The fourth-order valence-electron chi connectivity index (χ4n) is 2.46. The van der Waals surface area contributed by atoms with Crippen LogP contribution >= 0.6 is 0 Å². The van der Waals surface area contributed by atoms with Crippen molar-refractivity contribution < 1.29 is 19.2 Å². The van der Waals surface area contributed by atoms with Gasteiger partial charge in [0.05, 0.1) is 10.6 Å². The molecule has 0 spiro atoms. The molecule has 134 valence electrons. The van der Waals surface area contributed by atoms with Crippen molar-refractivity contribution in [2.45, 2.75) is 20.0 Å². The molecule has 0 fully saturated rings. The highest BCUT2D eigenvalue weighted by Gasteiger charge is 2.27. The number of nitro groups is 1. The van der Waals surface area contributed by atoms with Crippen molar-refractivity contribution in [3.8, 4) is 11.5 Å². The predicted octanol–water partition coefficient (Wildman–Crippen LogP) is 2.58. The van der Waals surface area contributed by atoms with Gasteiger partial charge in [-0.15, -0.1) is 0 Å². The summed E-state index contributed by atoms with van der Waals surface area (Å²) in [7, 11) is 0. The normalized spacial score (nSPS) is 16.1. The summed E-state index contributed by atoms with van der Waals surface area (Å²) in [6.45, 7) is 3.39. The highest BCUT2D eigenvalue weighted by atomic mass is 16.6. The number of hydrogen-bond acceptors (Lipinski definition) is 6. The Labute approximate surface area is 149 Å². The van der Waals surface area contributed by atoms with Crippen molar-refractivity contribution in [1.82, 2.24) is 5.43 Å². The lowest BCUT2D eigenvalue weighted by molar-refractivity contribution is -0.385. The Morgan fingerprint density at radius 3 is 2.73 bits per heavy atom. The number of nitrogens with one attached hydrogen (secondary N) is 1. The smallest absolute Gasteiger partial charge is 0.284 e. The highest BCUT2D eigenvalue weighted by molar-refractivity contribution is 6.00. The number of carbonyl (C=O) groups is 1. The van der Waals surface area contributed by atoms with Crippen LogP contribution in [-0.4, -0.2) is 29.3 Å². The fraction of sp³-hybridized carbons (Fsp3) is 0.222. The van der Waals surface area contributed by atoms with E-state index in [1.54, 1.807) is 44.2 Å². The van der Waals surface area contributed by atoms with Crippen molar-refractivity contribution in [3.63, 3.8) is 0 Å². The molecule has 0 aromatic heterocycles. The second kappa shape index (κ2) is 7.22. The molecule has 2 aromatic rings. The van der Waals surface area contributed by atoms with E-state index in [2.05, 4.69) is 10.5 Å². The molecular formula is C18H17N3O5. The van der Waals surface area contributed by atoms with Gasteiger partial charge in [0.1, 0.15) is 6.61 Å². The van der Waals surface area contributed by atoms with Gasteiger partial charge in [0.15, 0.2) is 11.5 Å². The van der Waals surface area contributed by atoms with Crippen LogP contribution in [0.5, 0.6) is 11.5 Å². The van der Waals surface area contributed by atoms with Crippen molar-refractivity contribution in [1.29, 1.82) is 0 Å². The summed E-state index contributed by atoms with van der Waals surface area (Å²) in [5.41, 5.74) is 3.97. The van der Waals surface area contributed by atoms with Gasteiger partial charge < -0.3 is 9.47 Å². The first-order valence-electron chi connectivity index (χ1n) is 7.94. The van der Waals surface area contributed by atoms with Gasteiger partial charge in [0, 0.05) is 17.2 Å². The third-order valence-corrected chi connectivity index (χ3v) is 3.96. The molecule has 0 bridgehead atoms. The number of nitrogens with zero attached hydrogens (tertiary/aromatic N) is 2. The van der Waals surface area contributed by atoms with Crippen LogP contribution in [0.25, 0.3) is 0 Å². The van der Waals surface area contributed by atoms with Gasteiger partial charge in [-0.05, 0) is 26.0 Å². The summed E-state index contributed by atoms with van der Waals surface area (Å²) >= 11 is 0. The molecule has 8 nitrogen and oxygen atoms in total. The van der Waals surface area contributed by atoms with E-state index in [-0.39, 0.29) is 12.3 Å². The first-order chi connectivity index (χ1) is 12.5. The van der Waals surface area contributed by atoms with Gasteiger partial charge in [-0.1, -0.05) is 24.3 Å². The maximum atomic E-state index is 12.2. The van der Waals surface area contributed by atoms with E-state index in [1.807, 2.05) is 6.07 Å². The topological polar surface area (TPSA) is 103 Å². The number of para-hydroxylation sites is 2. The fourth-order valence-corrected chi connectivity index (χ4v) is 2.46. The molecular weight excluding hydrogens is 338 g/mol. The summed E-state index contributed by atoms with van der Waals surface area (Å²) in [4.78, 5) is 22.8. The number of rotatable bonds is 4. The minimum atomic E-state index is -0.825. The van der Waals surface area contributed by atoms with E-state index >= 15 is 0 Å². The third-order valence-electron chi connectivity index (χ3n) is 3.96. The standard InChI is InChI=1S/C18H17N3O5/c1-11-7-8-13(9-14(11)21(23)24)12(2)19-20-18(22)17-10-25-15-5-3-4-6-16(15)26-17/h3-9,17H,10H2,1-2H3,(H,20,22)/b19-12-/t17-/m0/s1. The summed E-state index contributed by atoms with van der Waals surface area (Å²) in [5, 5.41) is 15.0. The molecule has 1 heterocycles. The van der Waals surface area contributed by atoms with E-state index in [4.69, 9.17) is 9.47 Å². The summed E-state index contributed by atoms with van der Waals surface area (Å²) < 4.78 is 11.1. The van der Waals surface area contributed by atoms with E-state index in [9.17, 15) is 14.9 Å². The Hall–Kier alpha value is -3.42. The van der Waals surface area contributed by atoms with Gasteiger partial charge in [-0.2, -0.15) is 5.10 Å². The number of benzene rings is 2. The number of fused-ring (bicyclic) bond motifs is 1. The Morgan fingerprint density at radius 2 is 2.00 bits per heavy atom. The minimum Gasteiger partial charge on any atom is -0.485 e. The molecule has 1 aliphatic rings. The SMILES string of the molecule is C/C(=N/NC(=O)[C@@H]1COc2ccccc2O1)c1ccc(C)c([N+](=O)[O-])c1. The van der Waals surface area contributed by atoms with Crippen LogP contribution < -0.4 is 14.9 Å². The van der Waals surface area contributed by atoms with Crippen molar-refractivity contribution in [2.75, 3.05) is 6.61 Å². The van der Waals surface area contributed by atoms with Crippen molar-refractivity contribution in [3.05, 3.63) is 63.7 Å². The van der Waals surface area contributed by atoms with Crippen LogP contribution in [0.3, 0.4) is 0 Å². The van der Waals surface area contributed by atoms with Crippen LogP contribution in [0, 0.1) is 17.0 Å². The molecule has 1 N–H and O–H groups in total. The van der Waals surface area contributed by atoms with Crippen LogP contribution in [0.15, 0.2) is 47.6 Å². The highest BCUT2D eigenvalue weighted by Crippen LogP contribution is 2.30. The van der Waals surface area contributed by atoms with Gasteiger partial charge >= 0.3 is 0 Å². The average molecular weight is 355 g/mol. The molecule has 0 radical (unpaired) electrons. The summed E-state index contributed by atoms with van der Waals surface area (Å²) in [6.07, 6.45) is -0.825. The first-order valence-corrected chi connectivity index (χ1v) is 7.94. The second-order valence-electron chi connectivity index (χ2n) is 5.80. The number of hydrogen-bond donors (Lipinski definition) is 1. The van der Waals surface area contributed by atoms with E-state index in [1.165, 1.54) is 6.07 Å². The number of hydrazone groups is 1. The van der Waals surface area contributed by atoms with Crippen molar-refractivity contribution >= 4 is 17.3 Å². The van der Waals surface area contributed by atoms with Gasteiger partial charge in [0.25, 0.3) is 11.6 Å². The first kappa shape index (κ1) is 17.4. The number of amides is 1. The Bertz CT molecular complexity index is 894. The van der Waals surface area contributed by atoms with E-state index < -0.39 is 16.9 Å². The quantitative estimate of drug-likeness (QED) is 0.516. The second-order valence-corrected chi connectivity index (χ2v) is 5.80. The lowest BCUT2D eigenvalue weighted by Crippen LogP contribution is -2.42. The Morgan fingerprint density at radius 1 is 1.27 bits per heavy atom. The zero-order valence-corrected chi connectivity index (χ0v) is 14.3. The van der Waals surface area contributed by atoms with Crippen LogP contribution in [0.2, 0.25) is 0 Å². The zero-order valence-electron chi connectivity index (χ0n) is 14.3. The molecule has 0 saturated heterocycles. The molecule has 1 aliphatic heterocycles. The summed E-state index contributed by atoms with van der Waals surface area (Å²) in [5.74, 6) is 0.623. The number of ether oxygens (including phenoxy) is 2. The molecule has 26 heavy (non-hydrogen) atoms. The molecule has 8 heteroatoms. The molecule has 1 amide bonds. The van der Waals surface area contributed by atoms with E-state index in [0.29, 0.717) is 28.3 Å². The van der Waals surface area contributed by atoms with Gasteiger partial charge in [0.2, 0.25) is 6.10 Å². The lowest BCUT2D eigenvalue weighted by Gasteiger charge is -2.24. The van der Waals surface area contributed by atoms with Gasteiger partial charge in [-0.3, -0.25) is 14.9 Å². The molecule has 1 atom stereocenters. The van der Waals surface area contributed by atoms with Crippen LogP contribution in [-0.2, 0) is 4.79 Å². The Balaban J connectivity index is 1.69. The van der Waals surface area contributed by atoms with Crippen LogP contribution in [0.4, 0.5) is 5.69 Å². The van der Waals surface area contributed by atoms with Crippen LogP contribution in [0.1, 0.15) is 18.1 Å². The maximum absolute atomic E-state index is 12.2. The van der Waals surface area contributed by atoms with Gasteiger partial charge in [-0.25, -0.2) is 5.43 Å². The minimum absolute atomic E-state index is 0.00370. The largest absolute Gasteiger partial charge is 0.485 e. The predicted molar refractivity (Wildman–Crippen MR) is 94.5 cm³/mol. The summed E-state index contributed by atoms with van der Waals surface area (Å²) in [6, 6.07) is 11.9. The maximum Gasteiger partial charge on any atom is 0.284 e. The Kier molecular flexibility index (Phi) is 4.83. The average Bonchev–Trinajstić information content (AvgIpc) is 2.65. The monoisotopic (exact) mass is 355 g/mol. The number of nitro benzene ring substituents is 1. The number of carbonyl (C=O) groups excluding carboxylic acids is 1. The molecule has 0 saturated carbocycles. The number of aryl methyl sites for hydroxylation is 1. The van der Waals surface area contributed by atoms with E-state index in [0.717, 1.165) is 0 Å². The molecule has 2 aromatic carbocycles. The third kappa shape index (κ3) is 3.64.